The molecule has 1 N–H and O–H groups in total. The molecule has 1 aliphatic heterocycles. The first-order valence-corrected chi connectivity index (χ1v) is 11.9. The highest BCUT2D eigenvalue weighted by molar-refractivity contribution is 7.89. The molecule has 4 rings (SSSR count). The zero-order chi connectivity index (χ0) is 21.8. The number of anilines is 1. The molecule has 7 heteroatoms. The second-order valence-corrected chi connectivity index (χ2v) is 9.69. The molecule has 162 valence electrons. The summed E-state index contributed by atoms with van der Waals surface area (Å²) >= 11 is 0. The zero-order valence-electron chi connectivity index (χ0n) is 17.5. The quantitative estimate of drug-likeness (QED) is 0.618. The van der Waals surface area contributed by atoms with Crippen molar-refractivity contribution in [3.63, 3.8) is 0 Å². The van der Waals surface area contributed by atoms with E-state index in [4.69, 9.17) is 4.74 Å². The molecule has 3 aromatic carbocycles. The average Bonchev–Trinajstić information content (AvgIpc) is 2.80. The number of amides is 1. The van der Waals surface area contributed by atoms with E-state index in [0.29, 0.717) is 24.5 Å². The average molecular weight is 439 g/mol. The second-order valence-electron chi connectivity index (χ2n) is 7.75. The highest BCUT2D eigenvalue weighted by atomic mass is 32.2. The molecule has 0 saturated carbocycles. The standard InChI is InChI=1S/C24H26N2O4S/c1-18(30-22-12-9-19-7-3-4-8-20(19)17-22)24(27)25-21-10-13-23(14-11-21)31(28,29)26-15-5-2-6-16-26/h3-4,7-14,17-18H,2,5-6,15-16H2,1H3,(H,25,27)/t18-/m1/s1. The number of rotatable bonds is 6. The number of piperidine rings is 1. The maximum atomic E-state index is 12.7. The van der Waals surface area contributed by atoms with Gasteiger partial charge in [0.25, 0.3) is 5.91 Å². The van der Waals surface area contributed by atoms with Crippen LogP contribution in [0.1, 0.15) is 26.2 Å². The van der Waals surface area contributed by atoms with Crippen LogP contribution < -0.4 is 10.1 Å². The van der Waals surface area contributed by atoms with Crippen LogP contribution in [0.15, 0.2) is 71.6 Å². The van der Waals surface area contributed by atoms with E-state index in [1.165, 1.54) is 16.4 Å². The summed E-state index contributed by atoms with van der Waals surface area (Å²) < 4.78 is 32.8. The van der Waals surface area contributed by atoms with E-state index >= 15 is 0 Å². The number of sulfonamides is 1. The van der Waals surface area contributed by atoms with E-state index in [0.717, 1.165) is 30.0 Å². The van der Waals surface area contributed by atoms with Crippen LogP contribution >= 0.6 is 0 Å². The molecule has 0 spiro atoms. The Kier molecular flexibility index (Phi) is 6.25. The van der Waals surface area contributed by atoms with E-state index in [-0.39, 0.29) is 10.8 Å². The minimum atomic E-state index is -3.49. The van der Waals surface area contributed by atoms with Crippen molar-refractivity contribution >= 4 is 32.4 Å². The molecule has 1 atom stereocenters. The first-order chi connectivity index (χ1) is 14.9. The van der Waals surface area contributed by atoms with Crippen molar-refractivity contribution in [3.8, 4) is 5.75 Å². The van der Waals surface area contributed by atoms with Crippen LogP contribution in [0.5, 0.6) is 5.75 Å². The van der Waals surface area contributed by atoms with Gasteiger partial charge in [0.15, 0.2) is 6.10 Å². The summed E-state index contributed by atoms with van der Waals surface area (Å²) in [5.74, 6) is 0.309. The highest BCUT2D eigenvalue weighted by Crippen LogP contribution is 2.23. The highest BCUT2D eigenvalue weighted by Gasteiger charge is 2.25. The van der Waals surface area contributed by atoms with Crippen molar-refractivity contribution in [2.45, 2.75) is 37.2 Å². The van der Waals surface area contributed by atoms with E-state index in [1.54, 1.807) is 19.1 Å². The summed E-state index contributed by atoms with van der Waals surface area (Å²) in [6, 6.07) is 19.9. The molecule has 6 nitrogen and oxygen atoms in total. The van der Waals surface area contributed by atoms with Gasteiger partial charge in [-0.1, -0.05) is 36.8 Å². The van der Waals surface area contributed by atoms with Crippen LogP contribution in [-0.2, 0) is 14.8 Å². The molecule has 0 unspecified atom stereocenters. The lowest BCUT2D eigenvalue weighted by Crippen LogP contribution is -2.35. The van der Waals surface area contributed by atoms with Crippen molar-refractivity contribution in [2.24, 2.45) is 0 Å². The van der Waals surface area contributed by atoms with E-state index in [1.807, 2.05) is 42.5 Å². The van der Waals surface area contributed by atoms with Crippen molar-refractivity contribution in [2.75, 3.05) is 18.4 Å². The second kappa shape index (κ2) is 9.08. The topological polar surface area (TPSA) is 75.7 Å². The molecule has 31 heavy (non-hydrogen) atoms. The Labute approximate surface area is 182 Å². The lowest BCUT2D eigenvalue weighted by atomic mass is 10.1. The van der Waals surface area contributed by atoms with E-state index in [2.05, 4.69) is 5.32 Å². The van der Waals surface area contributed by atoms with Gasteiger partial charge in [-0.3, -0.25) is 4.79 Å². The van der Waals surface area contributed by atoms with Gasteiger partial charge in [-0.2, -0.15) is 4.31 Å². The summed E-state index contributed by atoms with van der Waals surface area (Å²) in [6.07, 6.45) is 2.14. The van der Waals surface area contributed by atoms with E-state index < -0.39 is 16.1 Å². The monoisotopic (exact) mass is 438 g/mol. The molecule has 3 aromatic rings. The molecule has 0 bridgehead atoms. The molecule has 1 heterocycles. The Hall–Kier alpha value is -2.90. The summed E-state index contributed by atoms with van der Waals surface area (Å²) in [5.41, 5.74) is 0.525. The fourth-order valence-corrected chi connectivity index (χ4v) is 5.22. The van der Waals surface area contributed by atoms with Crippen LogP contribution in [-0.4, -0.2) is 37.8 Å². The van der Waals surface area contributed by atoms with Gasteiger partial charge >= 0.3 is 0 Å². The molecule has 1 fully saturated rings. The van der Waals surface area contributed by atoms with E-state index in [9.17, 15) is 13.2 Å². The molecule has 1 aliphatic rings. The Morgan fingerprint density at radius 1 is 0.935 bits per heavy atom. The van der Waals surface area contributed by atoms with Crippen molar-refractivity contribution in [1.82, 2.24) is 4.31 Å². The predicted molar refractivity (Wildman–Crippen MR) is 122 cm³/mol. The van der Waals surface area contributed by atoms with Gasteiger partial charge in [-0.05, 0) is 66.9 Å². The largest absolute Gasteiger partial charge is 0.481 e. The van der Waals surface area contributed by atoms with Gasteiger partial charge in [-0.25, -0.2) is 8.42 Å². The lowest BCUT2D eigenvalue weighted by molar-refractivity contribution is -0.122. The number of ether oxygens (including phenoxy) is 1. The van der Waals surface area contributed by atoms with Gasteiger partial charge in [0.05, 0.1) is 4.90 Å². The minimum absolute atomic E-state index is 0.243. The van der Waals surface area contributed by atoms with Crippen LogP contribution in [0.4, 0.5) is 5.69 Å². The number of fused-ring (bicyclic) bond motifs is 1. The number of benzene rings is 3. The molecule has 1 amide bonds. The molecular formula is C24H26N2O4S. The number of hydrogen-bond donors (Lipinski definition) is 1. The van der Waals surface area contributed by atoms with Crippen LogP contribution in [0, 0.1) is 0 Å². The summed E-state index contributed by atoms with van der Waals surface area (Å²) in [5, 5.41) is 4.93. The van der Waals surface area contributed by atoms with Gasteiger partial charge in [0.2, 0.25) is 10.0 Å². The zero-order valence-corrected chi connectivity index (χ0v) is 18.3. The number of carbonyl (C=O) groups excluding carboxylic acids is 1. The Morgan fingerprint density at radius 2 is 1.61 bits per heavy atom. The van der Waals surface area contributed by atoms with Gasteiger partial charge in [0, 0.05) is 18.8 Å². The van der Waals surface area contributed by atoms with Crippen molar-refractivity contribution in [3.05, 3.63) is 66.7 Å². The number of carbonyl (C=O) groups is 1. The predicted octanol–water partition coefficient (Wildman–Crippen LogP) is 4.42. The Morgan fingerprint density at radius 3 is 2.32 bits per heavy atom. The fourth-order valence-electron chi connectivity index (χ4n) is 3.71. The molecule has 0 aromatic heterocycles. The minimum Gasteiger partial charge on any atom is -0.481 e. The fraction of sp³-hybridized carbons (Fsp3) is 0.292. The summed E-state index contributed by atoms with van der Waals surface area (Å²) in [7, 11) is -3.49. The Bertz CT molecular complexity index is 1170. The summed E-state index contributed by atoms with van der Waals surface area (Å²) in [6.45, 7) is 2.80. The number of nitrogens with one attached hydrogen (secondary N) is 1. The van der Waals surface area contributed by atoms with Crippen LogP contribution in [0.25, 0.3) is 10.8 Å². The third-order valence-corrected chi connectivity index (χ3v) is 7.39. The number of nitrogens with zero attached hydrogens (tertiary/aromatic N) is 1. The molecule has 0 radical (unpaired) electrons. The van der Waals surface area contributed by atoms with Gasteiger partial charge in [-0.15, -0.1) is 0 Å². The van der Waals surface area contributed by atoms with Gasteiger partial charge in [0.1, 0.15) is 5.75 Å². The summed E-state index contributed by atoms with van der Waals surface area (Å²) in [4.78, 5) is 12.8. The smallest absolute Gasteiger partial charge is 0.265 e. The molecule has 1 saturated heterocycles. The normalized spacial score (nSPS) is 16.0. The maximum absolute atomic E-state index is 12.7. The van der Waals surface area contributed by atoms with Crippen LogP contribution in [0.2, 0.25) is 0 Å². The van der Waals surface area contributed by atoms with Gasteiger partial charge < -0.3 is 10.1 Å². The SMILES string of the molecule is C[C@@H](Oc1ccc2ccccc2c1)C(=O)Nc1ccc(S(=O)(=O)N2CCCCC2)cc1. The first-order valence-electron chi connectivity index (χ1n) is 10.5. The molecular weight excluding hydrogens is 412 g/mol. The Balaban J connectivity index is 1.39. The first kappa shape index (κ1) is 21.3. The molecule has 0 aliphatic carbocycles. The third-order valence-electron chi connectivity index (χ3n) is 5.48. The van der Waals surface area contributed by atoms with Crippen molar-refractivity contribution < 1.29 is 17.9 Å². The van der Waals surface area contributed by atoms with Crippen LogP contribution in [0.3, 0.4) is 0 Å². The number of hydrogen-bond acceptors (Lipinski definition) is 4. The maximum Gasteiger partial charge on any atom is 0.265 e. The third kappa shape index (κ3) is 4.89. The lowest BCUT2D eigenvalue weighted by Gasteiger charge is -2.25. The van der Waals surface area contributed by atoms with Crippen molar-refractivity contribution in [1.29, 1.82) is 0 Å².